The van der Waals surface area contributed by atoms with Crippen LogP contribution in [0.5, 0.6) is 17.2 Å². The van der Waals surface area contributed by atoms with Crippen LogP contribution >= 0.6 is 0 Å². The third kappa shape index (κ3) is 4.77. The van der Waals surface area contributed by atoms with Gasteiger partial charge >= 0.3 is 5.97 Å². The lowest BCUT2D eigenvalue weighted by Crippen LogP contribution is -2.28. The lowest BCUT2D eigenvalue weighted by atomic mass is 10.1. The highest BCUT2D eigenvalue weighted by atomic mass is 16.6. The maximum atomic E-state index is 12.8. The van der Waals surface area contributed by atoms with Crippen LogP contribution in [0.25, 0.3) is 11.0 Å². The van der Waals surface area contributed by atoms with Gasteiger partial charge in [-0.25, -0.2) is 4.79 Å². The minimum absolute atomic E-state index is 0.105. The summed E-state index contributed by atoms with van der Waals surface area (Å²) in [5, 5.41) is 0.359. The molecule has 1 atom stereocenters. The normalized spacial score (nSPS) is 12.1. The first-order valence-electron chi connectivity index (χ1n) is 9.42. The van der Waals surface area contributed by atoms with Gasteiger partial charge in [-0.1, -0.05) is 12.1 Å². The SMILES string of the molecule is Cc1ccc(C)c(Oc2coc3cc(O[C@@H](C)C(=O)OC(C)C)ccc3c2=O)c1. The number of aryl methyl sites for hydroxylation is 2. The Kier molecular flexibility index (Phi) is 5.92. The Morgan fingerprint density at radius 1 is 1.00 bits per heavy atom. The van der Waals surface area contributed by atoms with Crippen molar-refractivity contribution in [1.82, 2.24) is 0 Å². The lowest BCUT2D eigenvalue weighted by Gasteiger charge is -2.16. The van der Waals surface area contributed by atoms with Crippen molar-refractivity contribution in [3.05, 3.63) is 64.0 Å². The number of ether oxygens (including phenoxy) is 3. The third-order valence-electron chi connectivity index (χ3n) is 4.27. The molecule has 3 aromatic rings. The van der Waals surface area contributed by atoms with Crippen LogP contribution in [-0.4, -0.2) is 18.2 Å². The van der Waals surface area contributed by atoms with Crippen molar-refractivity contribution in [2.45, 2.75) is 46.8 Å². The molecule has 2 aromatic carbocycles. The molecular weight excluding hydrogens is 372 g/mol. The van der Waals surface area contributed by atoms with Gasteiger partial charge in [0.25, 0.3) is 0 Å². The molecule has 0 N–H and O–H groups in total. The first kappa shape index (κ1) is 20.5. The van der Waals surface area contributed by atoms with E-state index >= 15 is 0 Å². The van der Waals surface area contributed by atoms with Gasteiger partial charge in [-0.3, -0.25) is 4.79 Å². The molecule has 0 fully saturated rings. The average molecular weight is 396 g/mol. The van der Waals surface area contributed by atoms with Crippen LogP contribution < -0.4 is 14.9 Å². The minimum atomic E-state index is -0.784. The van der Waals surface area contributed by atoms with Crippen molar-refractivity contribution in [3.8, 4) is 17.2 Å². The number of fused-ring (bicyclic) bond motifs is 1. The van der Waals surface area contributed by atoms with E-state index in [2.05, 4.69) is 0 Å². The summed E-state index contributed by atoms with van der Waals surface area (Å²) in [7, 11) is 0. The van der Waals surface area contributed by atoms with Crippen LogP contribution in [0, 0.1) is 13.8 Å². The molecule has 0 saturated carbocycles. The van der Waals surface area contributed by atoms with Crippen molar-refractivity contribution < 1.29 is 23.4 Å². The Morgan fingerprint density at radius 3 is 2.48 bits per heavy atom. The second-order valence-electron chi connectivity index (χ2n) is 7.20. The van der Waals surface area contributed by atoms with Gasteiger partial charge in [0.05, 0.1) is 11.5 Å². The predicted molar refractivity (Wildman–Crippen MR) is 110 cm³/mol. The molecule has 3 rings (SSSR count). The zero-order chi connectivity index (χ0) is 21.1. The summed E-state index contributed by atoms with van der Waals surface area (Å²) in [4.78, 5) is 24.7. The molecule has 6 heteroatoms. The Labute approximate surface area is 169 Å². The molecule has 152 valence electrons. The second kappa shape index (κ2) is 8.39. The van der Waals surface area contributed by atoms with Crippen LogP contribution in [0.15, 0.2) is 51.9 Å². The van der Waals surface area contributed by atoms with Gasteiger partial charge < -0.3 is 18.6 Å². The second-order valence-corrected chi connectivity index (χ2v) is 7.20. The largest absolute Gasteiger partial charge is 0.479 e. The fraction of sp³-hybridized carbons (Fsp3) is 0.304. The number of carbonyl (C=O) groups excluding carboxylic acids is 1. The summed E-state index contributed by atoms with van der Waals surface area (Å²) < 4.78 is 22.1. The van der Waals surface area contributed by atoms with E-state index in [4.69, 9.17) is 18.6 Å². The molecule has 1 aromatic heterocycles. The van der Waals surface area contributed by atoms with Crippen molar-refractivity contribution in [2.75, 3.05) is 0 Å². The van der Waals surface area contributed by atoms with E-state index in [0.29, 0.717) is 22.5 Å². The van der Waals surface area contributed by atoms with Gasteiger partial charge in [0, 0.05) is 6.07 Å². The number of hydrogen-bond donors (Lipinski definition) is 0. The van der Waals surface area contributed by atoms with Gasteiger partial charge in [-0.05, 0) is 63.9 Å². The molecule has 0 spiro atoms. The maximum absolute atomic E-state index is 12.8. The molecule has 0 amide bonds. The summed E-state index contributed by atoms with van der Waals surface area (Å²) in [5.74, 6) is 0.652. The zero-order valence-electron chi connectivity index (χ0n) is 17.1. The number of rotatable bonds is 6. The van der Waals surface area contributed by atoms with Gasteiger partial charge in [-0.15, -0.1) is 0 Å². The average Bonchev–Trinajstić information content (AvgIpc) is 2.66. The first-order valence-corrected chi connectivity index (χ1v) is 9.42. The summed E-state index contributed by atoms with van der Waals surface area (Å²) in [5.41, 5.74) is 2.00. The van der Waals surface area contributed by atoms with E-state index in [9.17, 15) is 9.59 Å². The highest BCUT2D eigenvalue weighted by molar-refractivity contribution is 5.79. The van der Waals surface area contributed by atoms with Crippen LogP contribution in [0.1, 0.15) is 31.9 Å². The fourth-order valence-corrected chi connectivity index (χ4v) is 2.75. The maximum Gasteiger partial charge on any atom is 0.347 e. The number of hydrogen-bond acceptors (Lipinski definition) is 6. The first-order chi connectivity index (χ1) is 13.7. The van der Waals surface area contributed by atoms with Crippen molar-refractivity contribution in [3.63, 3.8) is 0 Å². The predicted octanol–water partition coefficient (Wildman–Crippen LogP) is 4.92. The molecule has 0 aliphatic heterocycles. The van der Waals surface area contributed by atoms with Crippen LogP contribution in [-0.2, 0) is 9.53 Å². The van der Waals surface area contributed by atoms with E-state index in [-0.39, 0.29) is 17.3 Å². The fourth-order valence-electron chi connectivity index (χ4n) is 2.75. The van der Waals surface area contributed by atoms with Gasteiger partial charge in [0.15, 0.2) is 6.10 Å². The van der Waals surface area contributed by atoms with E-state index < -0.39 is 12.1 Å². The third-order valence-corrected chi connectivity index (χ3v) is 4.27. The molecule has 0 saturated heterocycles. The van der Waals surface area contributed by atoms with E-state index in [1.807, 2.05) is 32.0 Å². The molecule has 0 aliphatic rings. The quantitative estimate of drug-likeness (QED) is 0.551. The molecule has 0 bridgehead atoms. The molecular formula is C23H24O6. The monoisotopic (exact) mass is 396 g/mol. The van der Waals surface area contributed by atoms with Crippen LogP contribution in [0.3, 0.4) is 0 Å². The highest BCUT2D eigenvalue weighted by Gasteiger charge is 2.18. The van der Waals surface area contributed by atoms with E-state index in [0.717, 1.165) is 11.1 Å². The van der Waals surface area contributed by atoms with Gasteiger partial charge in [0.2, 0.25) is 11.2 Å². The Balaban J connectivity index is 1.85. The highest BCUT2D eigenvalue weighted by Crippen LogP contribution is 2.27. The number of esters is 1. The smallest absolute Gasteiger partial charge is 0.347 e. The van der Waals surface area contributed by atoms with Crippen molar-refractivity contribution in [2.24, 2.45) is 0 Å². The summed E-state index contributed by atoms with van der Waals surface area (Å²) in [6.45, 7) is 9.01. The van der Waals surface area contributed by atoms with E-state index in [1.165, 1.54) is 6.26 Å². The number of benzene rings is 2. The lowest BCUT2D eigenvalue weighted by molar-refractivity contribution is -0.154. The molecule has 0 unspecified atom stereocenters. The number of carbonyl (C=O) groups is 1. The zero-order valence-corrected chi connectivity index (χ0v) is 17.1. The summed E-state index contributed by atoms with van der Waals surface area (Å²) in [6, 6.07) is 10.5. The molecule has 0 radical (unpaired) electrons. The Hall–Kier alpha value is -3.28. The van der Waals surface area contributed by atoms with Crippen LogP contribution in [0.2, 0.25) is 0 Å². The van der Waals surface area contributed by atoms with Crippen molar-refractivity contribution >= 4 is 16.9 Å². The van der Waals surface area contributed by atoms with Gasteiger partial charge in [0.1, 0.15) is 23.3 Å². The topological polar surface area (TPSA) is 75.0 Å². The van der Waals surface area contributed by atoms with Crippen molar-refractivity contribution in [1.29, 1.82) is 0 Å². The summed E-state index contributed by atoms with van der Waals surface area (Å²) in [6.07, 6.45) is 0.277. The molecule has 0 aliphatic carbocycles. The molecule has 29 heavy (non-hydrogen) atoms. The molecule has 1 heterocycles. The Morgan fingerprint density at radius 2 is 1.76 bits per heavy atom. The van der Waals surface area contributed by atoms with E-state index in [1.54, 1.807) is 39.0 Å². The Bertz CT molecular complexity index is 1100. The molecule has 6 nitrogen and oxygen atoms in total. The standard InChI is InChI=1S/C23H24O6/c1-13(2)27-23(25)16(5)28-17-8-9-18-20(11-17)26-12-21(22(18)24)29-19-10-14(3)6-7-15(19)4/h6-13,16H,1-5H3/t16-/m0/s1. The van der Waals surface area contributed by atoms with Crippen LogP contribution in [0.4, 0.5) is 0 Å². The summed E-state index contributed by atoms with van der Waals surface area (Å²) >= 11 is 0. The van der Waals surface area contributed by atoms with Gasteiger partial charge in [-0.2, -0.15) is 0 Å². The minimum Gasteiger partial charge on any atom is -0.479 e.